The van der Waals surface area contributed by atoms with E-state index >= 15 is 0 Å². The normalized spacial score (nSPS) is 12.0. The summed E-state index contributed by atoms with van der Waals surface area (Å²) in [6, 6.07) is 15.7. The van der Waals surface area contributed by atoms with Crippen molar-refractivity contribution < 1.29 is 9.53 Å². The standard InChI is InChI=1S/C19H24N2O2S/c1-21(2)17(14-9-11-15(23-3)12-10-14)13-20-19(22)16-7-5-6-8-18(16)24-4/h5-12,17H,13H2,1-4H3,(H,20,22)/t17-/m1/s1. The van der Waals surface area contributed by atoms with Crippen molar-refractivity contribution in [3.8, 4) is 5.75 Å². The van der Waals surface area contributed by atoms with E-state index in [1.807, 2.05) is 68.9 Å². The average Bonchev–Trinajstić information content (AvgIpc) is 2.61. The molecular formula is C19H24N2O2S. The number of hydrogen-bond donors (Lipinski definition) is 1. The Hall–Kier alpha value is -1.98. The average molecular weight is 344 g/mol. The molecule has 0 bridgehead atoms. The molecule has 0 fully saturated rings. The van der Waals surface area contributed by atoms with Gasteiger partial charge in [-0.3, -0.25) is 4.79 Å². The maximum Gasteiger partial charge on any atom is 0.252 e. The van der Waals surface area contributed by atoms with Crippen LogP contribution in [-0.4, -0.2) is 44.8 Å². The van der Waals surface area contributed by atoms with Crippen LogP contribution in [0.15, 0.2) is 53.4 Å². The van der Waals surface area contributed by atoms with Crippen LogP contribution in [-0.2, 0) is 0 Å². The van der Waals surface area contributed by atoms with Gasteiger partial charge in [0, 0.05) is 11.4 Å². The lowest BCUT2D eigenvalue weighted by Gasteiger charge is -2.25. The summed E-state index contributed by atoms with van der Waals surface area (Å²) in [6.45, 7) is 0.543. The summed E-state index contributed by atoms with van der Waals surface area (Å²) in [5, 5.41) is 3.06. The molecule has 0 aliphatic rings. The molecule has 0 radical (unpaired) electrons. The van der Waals surface area contributed by atoms with Crippen LogP contribution in [0, 0.1) is 0 Å². The summed E-state index contributed by atoms with van der Waals surface area (Å²) < 4.78 is 5.21. The summed E-state index contributed by atoms with van der Waals surface area (Å²) in [6.07, 6.45) is 1.98. The van der Waals surface area contributed by atoms with E-state index in [1.165, 1.54) is 0 Å². The van der Waals surface area contributed by atoms with Gasteiger partial charge in [0.05, 0.1) is 18.7 Å². The maximum atomic E-state index is 12.5. The lowest BCUT2D eigenvalue weighted by molar-refractivity contribution is 0.0939. The van der Waals surface area contributed by atoms with E-state index in [4.69, 9.17) is 4.74 Å². The molecule has 0 heterocycles. The van der Waals surface area contributed by atoms with Gasteiger partial charge in [-0.05, 0) is 50.2 Å². The van der Waals surface area contributed by atoms with Crippen molar-refractivity contribution >= 4 is 17.7 Å². The number of amides is 1. The number of benzene rings is 2. The first kappa shape index (κ1) is 18.4. The Morgan fingerprint density at radius 2 is 1.83 bits per heavy atom. The summed E-state index contributed by atoms with van der Waals surface area (Å²) in [5.74, 6) is 0.787. The van der Waals surface area contributed by atoms with Gasteiger partial charge in [-0.2, -0.15) is 0 Å². The topological polar surface area (TPSA) is 41.6 Å². The van der Waals surface area contributed by atoms with E-state index in [-0.39, 0.29) is 11.9 Å². The zero-order valence-electron chi connectivity index (χ0n) is 14.6. The Morgan fingerprint density at radius 3 is 2.42 bits per heavy atom. The first-order valence-electron chi connectivity index (χ1n) is 7.78. The Morgan fingerprint density at radius 1 is 1.17 bits per heavy atom. The molecule has 4 nitrogen and oxygen atoms in total. The van der Waals surface area contributed by atoms with Gasteiger partial charge in [-0.25, -0.2) is 0 Å². The number of nitrogens with zero attached hydrogens (tertiary/aromatic N) is 1. The van der Waals surface area contributed by atoms with Crippen molar-refractivity contribution in [3.05, 3.63) is 59.7 Å². The minimum Gasteiger partial charge on any atom is -0.497 e. The molecule has 2 aromatic rings. The molecule has 128 valence electrons. The lowest BCUT2D eigenvalue weighted by Crippen LogP contribution is -2.34. The Labute approximate surface area is 148 Å². The zero-order chi connectivity index (χ0) is 17.5. The van der Waals surface area contributed by atoms with E-state index in [0.717, 1.165) is 21.8 Å². The molecule has 1 amide bonds. The van der Waals surface area contributed by atoms with Crippen LogP contribution in [0.5, 0.6) is 5.75 Å². The molecule has 2 rings (SSSR count). The van der Waals surface area contributed by atoms with Gasteiger partial charge in [0.15, 0.2) is 0 Å². The summed E-state index contributed by atoms with van der Waals surface area (Å²) in [5.41, 5.74) is 1.86. The lowest BCUT2D eigenvalue weighted by atomic mass is 10.1. The highest BCUT2D eigenvalue weighted by Crippen LogP contribution is 2.22. The second kappa shape index (κ2) is 8.76. The number of hydrogen-bond acceptors (Lipinski definition) is 4. The Kier molecular flexibility index (Phi) is 6.70. The van der Waals surface area contributed by atoms with E-state index in [0.29, 0.717) is 6.54 Å². The van der Waals surface area contributed by atoms with Crippen molar-refractivity contribution in [1.82, 2.24) is 10.2 Å². The Bertz CT molecular complexity index is 671. The van der Waals surface area contributed by atoms with Gasteiger partial charge in [0.1, 0.15) is 5.75 Å². The maximum absolute atomic E-state index is 12.5. The number of rotatable bonds is 7. The fraction of sp³-hybridized carbons (Fsp3) is 0.316. The molecule has 5 heteroatoms. The van der Waals surface area contributed by atoms with Crippen LogP contribution in [0.1, 0.15) is 22.0 Å². The fourth-order valence-electron chi connectivity index (χ4n) is 2.54. The fourth-order valence-corrected chi connectivity index (χ4v) is 3.14. The van der Waals surface area contributed by atoms with Crippen LogP contribution in [0.3, 0.4) is 0 Å². The van der Waals surface area contributed by atoms with Crippen molar-refractivity contribution in [2.75, 3.05) is 34.0 Å². The predicted octanol–water partition coefficient (Wildman–Crippen LogP) is 3.45. The minimum absolute atomic E-state index is 0.0414. The van der Waals surface area contributed by atoms with Gasteiger partial charge in [-0.15, -0.1) is 11.8 Å². The van der Waals surface area contributed by atoms with Crippen LogP contribution < -0.4 is 10.1 Å². The number of methoxy groups -OCH3 is 1. The Balaban J connectivity index is 2.09. The number of carbonyl (C=O) groups excluding carboxylic acids is 1. The molecular weight excluding hydrogens is 320 g/mol. The highest BCUT2D eigenvalue weighted by atomic mass is 32.2. The van der Waals surface area contributed by atoms with Crippen molar-refractivity contribution in [2.45, 2.75) is 10.9 Å². The second-order valence-electron chi connectivity index (χ2n) is 5.66. The van der Waals surface area contributed by atoms with Crippen molar-refractivity contribution in [1.29, 1.82) is 0 Å². The predicted molar refractivity (Wildman–Crippen MR) is 100.0 cm³/mol. The quantitative estimate of drug-likeness (QED) is 0.781. The molecule has 0 spiro atoms. The molecule has 24 heavy (non-hydrogen) atoms. The highest BCUT2D eigenvalue weighted by Gasteiger charge is 2.17. The van der Waals surface area contributed by atoms with Gasteiger partial charge >= 0.3 is 0 Å². The van der Waals surface area contributed by atoms with Crippen molar-refractivity contribution in [3.63, 3.8) is 0 Å². The third-order valence-corrected chi connectivity index (χ3v) is 4.73. The van der Waals surface area contributed by atoms with Gasteiger partial charge < -0.3 is 15.0 Å². The third kappa shape index (κ3) is 4.52. The number of nitrogens with one attached hydrogen (secondary N) is 1. The third-order valence-electron chi connectivity index (χ3n) is 3.93. The summed E-state index contributed by atoms with van der Waals surface area (Å²) >= 11 is 1.58. The van der Waals surface area contributed by atoms with Gasteiger partial charge in [-0.1, -0.05) is 24.3 Å². The molecule has 0 unspecified atom stereocenters. The summed E-state index contributed by atoms with van der Waals surface area (Å²) in [4.78, 5) is 15.6. The number of thioether (sulfide) groups is 1. The van der Waals surface area contributed by atoms with E-state index < -0.39 is 0 Å². The molecule has 0 saturated carbocycles. The molecule has 1 atom stereocenters. The zero-order valence-corrected chi connectivity index (χ0v) is 15.4. The number of ether oxygens (including phenoxy) is 1. The molecule has 1 N–H and O–H groups in total. The molecule has 0 saturated heterocycles. The first-order valence-corrected chi connectivity index (χ1v) is 9.01. The second-order valence-corrected chi connectivity index (χ2v) is 6.51. The molecule has 0 aromatic heterocycles. The van der Waals surface area contributed by atoms with Crippen LogP contribution in [0.4, 0.5) is 0 Å². The molecule has 0 aliphatic carbocycles. The van der Waals surface area contributed by atoms with Crippen LogP contribution in [0.25, 0.3) is 0 Å². The SMILES string of the molecule is COc1ccc([C@@H](CNC(=O)c2ccccc2SC)N(C)C)cc1. The van der Waals surface area contributed by atoms with Gasteiger partial charge in [0.2, 0.25) is 0 Å². The van der Waals surface area contributed by atoms with E-state index in [2.05, 4.69) is 10.2 Å². The number of likely N-dealkylation sites (N-methyl/N-ethyl adjacent to an activating group) is 1. The van der Waals surface area contributed by atoms with Crippen LogP contribution >= 0.6 is 11.8 Å². The minimum atomic E-state index is -0.0414. The van der Waals surface area contributed by atoms with E-state index in [1.54, 1.807) is 18.9 Å². The highest BCUT2D eigenvalue weighted by molar-refractivity contribution is 7.98. The smallest absolute Gasteiger partial charge is 0.252 e. The summed E-state index contributed by atoms with van der Waals surface area (Å²) in [7, 11) is 5.68. The largest absolute Gasteiger partial charge is 0.497 e. The van der Waals surface area contributed by atoms with E-state index in [9.17, 15) is 4.79 Å². The van der Waals surface area contributed by atoms with Crippen LogP contribution in [0.2, 0.25) is 0 Å². The van der Waals surface area contributed by atoms with Crippen molar-refractivity contribution in [2.24, 2.45) is 0 Å². The molecule has 0 aliphatic heterocycles. The van der Waals surface area contributed by atoms with Gasteiger partial charge in [0.25, 0.3) is 5.91 Å². The monoisotopic (exact) mass is 344 g/mol. The molecule has 2 aromatic carbocycles. The first-order chi connectivity index (χ1) is 11.6. The number of carbonyl (C=O) groups is 1.